The van der Waals surface area contributed by atoms with Crippen LogP contribution in [-0.4, -0.2) is 25.8 Å². The minimum absolute atomic E-state index is 0.00363. The summed E-state index contributed by atoms with van der Waals surface area (Å²) in [5, 5.41) is 2.89. The predicted molar refractivity (Wildman–Crippen MR) is 115 cm³/mol. The number of halogens is 4. The molecule has 1 aliphatic rings. The molecule has 176 valence electrons. The first-order valence-electron chi connectivity index (χ1n) is 10.2. The van der Waals surface area contributed by atoms with Gasteiger partial charge in [-0.2, -0.15) is 17.6 Å². The molecule has 3 heterocycles. The molecule has 0 atom stereocenters. The van der Waals surface area contributed by atoms with E-state index in [0.717, 1.165) is 23.5 Å². The summed E-state index contributed by atoms with van der Waals surface area (Å²) < 4.78 is 53.6. The van der Waals surface area contributed by atoms with Crippen molar-refractivity contribution in [3.8, 4) is 0 Å². The molecule has 3 N–H and O–H groups in total. The third-order valence-corrected chi connectivity index (χ3v) is 4.92. The van der Waals surface area contributed by atoms with Gasteiger partial charge in [-0.05, 0) is 23.3 Å². The molecule has 0 bridgehead atoms. The maximum absolute atomic E-state index is 15.3. The van der Waals surface area contributed by atoms with Gasteiger partial charge in [0.25, 0.3) is 0 Å². The zero-order valence-electron chi connectivity index (χ0n) is 17.7. The number of rotatable bonds is 9. The zero-order valence-corrected chi connectivity index (χ0v) is 17.7. The first-order chi connectivity index (χ1) is 16.2. The third-order valence-electron chi connectivity index (χ3n) is 4.92. The van der Waals surface area contributed by atoms with Crippen molar-refractivity contribution in [2.75, 3.05) is 10.2 Å². The molecule has 0 unspecified atom stereocenters. The van der Waals surface area contributed by atoms with Crippen LogP contribution in [0.25, 0.3) is 0 Å². The molecule has 0 aliphatic heterocycles. The lowest BCUT2D eigenvalue weighted by atomic mass is 10.2. The van der Waals surface area contributed by atoms with Crippen molar-refractivity contribution in [3.05, 3.63) is 83.1 Å². The zero-order chi connectivity index (χ0) is 24.3. The number of nitrogens with two attached hydrogens (primary N) is 1. The van der Waals surface area contributed by atoms with Gasteiger partial charge in [-0.3, -0.25) is 14.8 Å². The highest BCUT2D eigenvalue weighted by Gasteiger charge is 2.32. The number of carbonyl (C=O) groups is 1. The fourth-order valence-corrected chi connectivity index (χ4v) is 3.15. The lowest BCUT2D eigenvalue weighted by Crippen LogP contribution is -2.21. The Bertz CT molecular complexity index is 1210. The van der Waals surface area contributed by atoms with Crippen LogP contribution in [0.3, 0.4) is 0 Å². The van der Waals surface area contributed by atoms with Crippen LogP contribution in [0.1, 0.15) is 28.9 Å². The van der Waals surface area contributed by atoms with Gasteiger partial charge in [0.05, 0.1) is 13.0 Å². The third kappa shape index (κ3) is 5.63. The second-order valence-electron chi connectivity index (χ2n) is 7.55. The topological polar surface area (TPSA) is 110 Å². The van der Waals surface area contributed by atoms with E-state index < -0.39 is 23.6 Å². The summed E-state index contributed by atoms with van der Waals surface area (Å²) >= 11 is 0. The second kappa shape index (κ2) is 9.41. The molecule has 0 saturated carbocycles. The number of carbonyl (C=O) groups excluding carboxylic acids is 1. The van der Waals surface area contributed by atoms with Crippen LogP contribution in [0, 0.1) is 5.82 Å². The van der Waals surface area contributed by atoms with E-state index in [1.165, 1.54) is 12.4 Å². The van der Waals surface area contributed by atoms with Crippen molar-refractivity contribution >= 4 is 17.5 Å². The van der Waals surface area contributed by atoms with E-state index in [2.05, 4.69) is 25.3 Å². The van der Waals surface area contributed by atoms with Crippen LogP contribution in [-0.2, 0) is 30.5 Å². The first kappa shape index (κ1) is 23.1. The predicted octanol–water partition coefficient (Wildman–Crippen LogP) is 3.36. The van der Waals surface area contributed by atoms with E-state index in [1.807, 2.05) is 6.08 Å². The van der Waals surface area contributed by atoms with Crippen molar-refractivity contribution in [1.82, 2.24) is 19.9 Å². The Morgan fingerprint density at radius 2 is 1.79 bits per heavy atom. The molecule has 0 saturated heterocycles. The molecule has 1 aliphatic carbocycles. The number of allylic oxidation sites excluding steroid dienone is 2. The van der Waals surface area contributed by atoms with Gasteiger partial charge in [-0.25, -0.2) is 9.97 Å². The van der Waals surface area contributed by atoms with Crippen LogP contribution < -0.4 is 16.0 Å². The largest absolute Gasteiger partial charge is 0.433 e. The molecular weight excluding hydrogens is 454 g/mol. The summed E-state index contributed by atoms with van der Waals surface area (Å²) in [7, 11) is 0. The highest BCUT2D eigenvalue weighted by atomic mass is 19.4. The summed E-state index contributed by atoms with van der Waals surface area (Å²) in [5.74, 6) is -1.23. The quantitative estimate of drug-likeness (QED) is 0.459. The van der Waals surface area contributed by atoms with Crippen molar-refractivity contribution < 1.29 is 22.4 Å². The fourth-order valence-electron chi connectivity index (χ4n) is 3.15. The fraction of sp³-hybridized carbons (Fsp3) is 0.227. The Morgan fingerprint density at radius 1 is 1.06 bits per heavy atom. The molecule has 34 heavy (non-hydrogen) atoms. The van der Waals surface area contributed by atoms with Gasteiger partial charge < -0.3 is 16.0 Å². The summed E-state index contributed by atoms with van der Waals surface area (Å²) in [6.45, 7) is 0.304. The maximum Gasteiger partial charge on any atom is 0.433 e. The van der Waals surface area contributed by atoms with Crippen LogP contribution in [0.4, 0.5) is 29.2 Å². The number of hydrogen-bond acceptors (Lipinski definition) is 7. The molecular formula is C22H19F4N7O. The SMILES string of the molecule is NC(=O)Cc1ccc(CNc2ncnc(N(Cc3ccc(C(F)(F)F)nc3)C3=CC3)c2F)cn1. The molecule has 1 amide bonds. The van der Waals surface area contributed by atoms with Crippen LogP contribution >= 0.6 is 0 Å². The Morgan fingerprint density at radius 3 is 2.38 bits per heavy atom. The molecule has 4 rings (SSSR count). The number of aromatic nitrogens is 4. The van der Waals surface area contributed by atoms with Gasteiger partial charge in [0.15, 0.2) is 11.6 Å². The number of primary amides is 1. The van der Waals surface area contributed by atoms with Crippen LogP contribution in [0.2, 0.25) is 0 Å². The van der Waals surface area contributed by atoms with E-state index in [0.29, 0.717) is 17.7 Å². The number of pyridine rings is 2. The Kier molecular flexibility index (Phi) is 6.39. The summed E-state index contributed by atoms with van der Waals surface area (Å²) in [5.41, 5.74) is 6.66. The molecule has 0 spiro atoms. The molecule has 0 aromatic carbocycles. The molecule has 8 nitrogen and oxygen atoms in total. The van der Waals surface area contributed by atoms with Gasteiger partial charge in [-0.15, -0.1) is 0 Å². The van der Waals surface area contributed by atoms with E-state index in [-0.39, 0.29) is 31.1 Å². The van der Waals surface area contributed by atoms with Crippen molar-refractivity contribution in [2.24, 2.45) is 5.73 Å². The van der Waals surface area contributed by atoms with Crippen molar-refractivity contribution in [2.45, 2.75) is 32.1 Å². The van der Waals surface area contributed by atoms with Gasteiger partial charge in [0.2, 0.25) is 11.7 Å². The van der Waals surface area contributed by atoms with Gasteiger partial charge in [0, 0.05) is 36.8 Å². The number of hydrogen-bond donors (Lipinski definition) is 2. The number of alkyl halides is 3. The maximum atomic E-state index is 15.3. The highest BCUT2D eigenvalue weighted by molar-refractivity contribution is 5.76. The molecule has 3 aromatic rings. The van der Waals surface area contributed by atoms with Crippen molar-refractivity contribution in [3.63, 3.8) is 0 Å². The smallest absolute Gasteiger partial charge is 0.369 e. The molecule has 12 heteroatoms. The standard InChI is InChI=1S/C22H19F4N7O/c23-19-20(30-9-13-1-3-15(28-8-13)7-18(27)34)31-12-32-21(19)33(16-4-5-16)11-14-2-6-17(29-10-14)22(24,25)26/h1-4,6,8,10,12H,5,7,9,11H2,(H2,27,34)(H,30,31,32). The highest BCUT2D eigenvalue weighted by Crippen LogP contribution is 2.33. The second-order valence-corrected chi connectivity index (χ2v) is 7.55. The average molecular weight is 473 g/mol. The normalized spacial score (nSPS) is 12.8. The average Bonchev–Trinajstić information content (AvgIpc) is 3.63. The first-order valence-corrected chi connectivity index (χ1v) is 10.2. The van der Waals surface area contributed by atoms with Gasteiger partial charge in [0.1, 0.15) is 12.0 Å². The summed E-state index contributed by atoms with van der Waals surface area (Å²) in [6, 6.07) is 5.58. The van der Waals surface area contributed by atoms with E-state index >= 15 is 4.39 Å². The summed E-state index contributed by atoms with van der Waals surface area (Å²) in [6.07, 6.45) is 1.83. The number of anilines is 2. The Labute approximate surface area is 191 Å². The van der Waals surface area contributed by atoms with Crippen LogP contribution in [0.15, 0.2) is 54.8 Å². The Hall–Kier alpha value is -4.09. The lowest BCUT2D eigenvalue weighted by molar-refractivity contribution is -0.141. The molecule has 0 fully saturated rings. The minimum Gasteiger partial charge on any atom is -0.369 e. The lowest BCUT2D eigenvalue weighted by Gasteiger charge is -2.22. The van der Waals surface area contributed by atoms with E-state index in [4.69, 9.17) is 5.73 Å². The van der Waals surface area contributed by atoms with Crippen LogP contribution in [0.5, 0.6) is 0 Å². The number of nitrogens with zero attached hydrogens (tertiary/aromatic N) is 5. The van der Waals surface area contributed by atoms with Crippen molar-refractivity contribution in [1.29, 1.82) is 0 Å². The van der Waals surface area contributed by atoms with E-state index in [1.54, 1.807) is 23.2 Å². The minimum atomic E-state index is -4.53. The van der Waals surface area contributed by atoms with Gasteiger partial charge in [-0.1, -0.05) is 18.2 Å². The summed E-state index contributed by atoms with van der Waals surface area (Å²) in [4.78, 5) is 28.2. The van der Waals surface area contributed by atoms with E-state index in [9.17, 15) is 18.0 Å². The monoisotopic (exact) mass is 473 g/mol. The number of amides is 1. The molecule has 0 radical (unpaired) electrons. The Balaban J connectivity index is 1.48. The number of nitrogens with one attached hydrogen (secondary N) is 1. The molecule has 3 aromatic heterocycles. The van der Waals surface area contributed by atoms with Gasteiger partial charge >= 0.3 is 6.18 Å².